The molecule has 18 heavy (non-hydrogen) atoms. The van der Waals surface area contributed by atoms with Gasteiger partial charge in [0, 0.05) is 0 Å². The number of ketones is 1. The number of rotatable bonds is 2. The van der Waals surface area contributed by atoms with Gasteiger partial charge >= 0.3 is 0 Å². The minimum absolute atomic E-state index is 0.0105. The van der Waals surface area contributed by atoms with Crippen molar-refractivity contribution in [3.63, 3.8) is 0 Å². The van der Waals surface area contributed by atoms with E-state index in [4.69, 9.17) is 0 Å². The van der Waals surface area contributed by atoms with E-state index in [1.165, 1.54) is 0 Å². The highest BCUT2D eigenvalue weighted by Gasteiger charge is 2.49. The summed E-state index contributed by atoms with van der Waals surface area (Å²) in [6.45, 7) is 7.64. The van der Waals surface area contributed by atoms with Gasteiger partial charge in [-0.2, -0.15) is 0 Å². The Labute approximate surface area is 108 Å². The quantitative estimate of drug-likeness (QED) is 0.812. The molecule has 1 N–H and O–H groups in total. The number of aryl methyl sites for hydroxylation is 2. The molecule has 1 heterocycles. The summed E-state index contributed by atoms with van der Waals surface area (Å²) in [6, 6.07) is 5.90. The van der Waals surface area contributed by atoms with Crippen molar-refractivity contribution < 1.29 is 9.59 Å². The fraction of sp³-hybridized carbons (Fsp3) is 0.467. The van der Waals surface area contributed by atoms with Gasteiger partial charge in [0.2, 0.25) is 5.91 Å². The first-order valence-electron chi connectivity index (χ1n) is 6.32. The van der Waals surface area contributed by atoms with Gasteiger partial charge in [0.15, 0.2) is 5.78 Å². The van der Waals surface area contributed by atoms with Crippen LogP contribution in [0.15, 0.2) is 18.2 Å². The molecule has 0 radical (unpaired) electrons. The Hall–Kier alpha value is -1.64. The third kappa shape index (κ3) is 1.84. The van der Waals surface area contributed by atoms with Crippen molar-refractivity contribution in [1.82, 2.24) is 5.32 Å². The number of hydrogen-bond donors (Lipinski definition) is 1. The van der Waals surface area contributed by atoms with Crippen molar-refractivity contribution in [2.45, 2.75) is 45.6 Å². The molecule has 3 heteroatoms. The first kappa shape index (κ1) is 12.8. The Morgan fingerprint density at radius 2 is 1.94 bits per heavy atom. The molecule has 1 aliphatic heterocycles. The molecule has 3 nitrogen and oxygen atoms in total. The molecule has 1 aliphatic rings. The van der Waals surface area contributed by atoms with Gasteiger partial charge in [-0.1, -0.05) is 30.7 Å². The molecule has 1 fully saturated rings. The van der Waals surface area contributed by atoms with E-state index in [9.17, 15) is 9.59 Å². The predicted molar refractivity (Wildman–Crippen MR) is 70.5 cm³/mol. The summed E-state index contributed by atoms with van der Waals surface area (Å²) in [5.41, 5.74) is 2.20. The van der Waals surface area contributed by atoms with Gasteiger partial charge in [-0.25, -0.2) is 0 Å². The van der Waals surface area contributed by atoms with Gasteiger partial charge in [-0.05, 0) is 38.3 Å². The van der Waals surface area contributed by atoms with Crippen molar-refractivity contribution in [2.75, 3.05) is 0 Å². The van der Waals surface area contributed by atoms with E-state index in [0.29, 0.717) is 6.42 Å². The number of Topliss-reactive ketones (excluding diaryl/α,β-unsaturated/α-hetero) is 1. The van der Waals surface area contributed by atoms with Crippen LogP contribution in [-0.4, -0.2) is 17.2 Å². The Kier molecular flexibility index (Phi) is 3.01. The zero-order valence-electron chi connectivity index (χ0n) is 11.3. The average Bonchev–Trinajstić information content (AvgIpc) is 2.55. The molecule has 0 spiro atoms. The van der Waals surface area contributed by atoms with E-state index in [0.717, 1.165) is 16.7 Å². The Morgan fingerprint density at radius 1 is 1.28 bits per heavy atom. The van der Waals surface area contributed by atoms with Crippen molar-refractivity contribution in [3.8, 4) is 0 Å². The fourth-order valence-corrected chi connectivity index (χ4v) is 2.46. The summed E-state index contributed by atoms with van der Waals surface area (Å²) in [5, 5.41) is 2.84. The monoisotopic (exact) mass is 245 g/mol. The largest absolute Gasteiger partial charge is 0.343 e. The molecule has 2 rings (SSSR count). The molecule has 0 aliphatic carbocycles. The highest BCUT2D eigenvalue weighted by Crippen LogP contribution is 2.33. The van der Waals surface area contributed by atoms with Gasteiger partial charge in [0.05, 0.1) is 5.54 Å². The van der Waals surface area contributed by atoms with E-state index in [1.54, 1.807) is 6.92 Å². The summed E-state index contributed by atoms with van der Waals surface area (Å²) in [7, 11) is 0. The van der Waals surface area contributed by atoms with E-state index >= 15 is 0 Å². The number of carbonyl (C=O) groups is 2. The van der Waals surface area contributed by atoms with Gasteiger partial charge < -0.3 is 5.32 Å². The van der Waals surface area contributed by atoms with E-state index < -0.39 is 11.5 Å². The number of amides is 1. The molecule has 2 unspecified atom stereocenters. The first-order chi connectivity index (χ1) is 8.39. The minimum atomic E-state index is -0.710. The summed E-state index contributed by atoms with van der Waals surface area (Å²) in [4.78, 5) is 24.5. The lowest BCUT2D eigenvalue weighted by Gasteiger charge is -2.20. The zero-order valence-corrected chi connectivity index (χ0v) is 11.3. The SMILES string of the molecule is CCC1(C)NC(=O)C(c2cc(C)ccc2C)C1=O. The Morgan fingerprint density at radius 3 is 2.50 bits per heavy atom. The van der Waals surface area contributed by atoms with Crippen molar-refractivity contribution >= 4 is 11.7 Å². The molecule has 96 valence electrons. The molecule has 2 atom stereocenters. The number of benzene rings is 1. The molecule has 1 saturated heterocycles. The summed E-state index contributed by atoms with van der Waals surface area (Å²) in [6.07, 6.45) is 0.624. The summed E-state index contributed by atoms with van der Waals surface area (Å²) in [5.74, 6) is -0.823. The average molecular weight is 245 g/mol. The maximum atomic E-state index is 12.4. The molecule has 1 aromatic rings. The normalized spacial score (nSPS) is 27.4. The second-order valence-corrected chi connectivity index (χ2v) is 5.33. The summed E-state index contributed by atoms with van der Waals surface area (Å²) < 4.78 is 0. The van der Waals surface area contributed by atoms with Crippen molar-refractivity contribution in [1.29, 1.82) is 0 Å². The van der Waals surface area contributed by atoms with Crippen LogP contribution in [0.3, 0.4) is 0 Å². The molecule has 0 aromatic heterocycles. The van der Waals surface area contributed by atoms with Crippen LogP contribution in [0.2, 0.25) is 0 Å². The van der Waals surface area contributed by atoms with E-state index in [2.05, 4.69) is 5.32 Å². The van der Waals surface area contributed by atoms with Crippen LogP contribution in [0.5, 0.6) is 0 Å². The van der Waals surface area contributed by atoms with E-state index in [-0.39, 0.29) is 11.7 Å². The summed E-state index contributed by atoms with van der Waals surface area (Å²) >= 11 is 0. The van der Waals surface area contributed by atoms with Crippen LogP contribution in [0.4, 0.5) is 0 Å². The highest BCUT2D eigenvalue weighted by atomic mass is 16.2. The molecular formula is C15H19NO2. The third-order valence-corrected chi connectivity index (χ3v) is 3.92. The number of carbonyl (C=O) groups excluding carboxylic acids is 2. The van der Waals surface area contributed by atoms with Crippen molar-refractivity contribution in [3.05, 3.63) is 34.9 Å². The molecule has 0 bridgehead atoms. The number of hydrogen-bond acceptors (Lipinski definition) is 2. The molecule has 1 amide bonds. The second-order valence-electron chi connectivity index (χ2n) is 5.33. The van der Waals surface area contributed by atoms with Crippen LogP contribution >= 0.6 is 0 Å². The molecular weight excluding hydrogens is 226 g/mol. The standard InChI is InChI=1S/C15H19NO2/c1-5-15(4)13(17)12(14(18)16-15)11-8-9(2)6-7-10(11)3/h6-8,12H,5H2,1-4H3,(H,16,18). The van der Waals surface area contributed by atoms with Gasteiger partial charge in [-0.3, -0.25) is 9.59 Å². The maximum absolute atomic E-state index is 12.4. The van der Waals surface area contributed by atoms with Gasteiger partial charge in [0.1, 0.15) is 5.92 Å². The van der Waals surface area contributed by atoms with Crippen LogP contribution in [0.1, 0.15) is 42.9 Å². The molecule has 0 saturated carbocycles. The minimum Gasteiger partial charge on any atom is -0.343 e. The maximum Gasteiger partial charge on any atom is 0.235 e. The van der Waals surface area contributed by atoms with Gasteiger partial charge in [-0.15, -0.1) is 0 Å². The lowest BCUT2D eigenvalue weighted by Crippen LogP contribution is -2.42. The van der Waals surface area contributed by atoms with Crippen LogP contribution in [0, 0.1) is 13.8 Å². The van der Waals surface area contributed by atoms with Crippen LogP contribution < -0.4 is 5.32 Å². The Balaban J connectivity index is 2.49. The lowest BCUT2D eigenvalue weighted by molar-refractivity contribution is -0.125. The topological polar surface area (TPSA) is 46.2 Å². The van der Waals surface area contributed by atoms with Crippen molar-refractivity contribution in [2.24, 2.45) is 0 Å². The number of nitrogens with one attached hydrogen (secondary N) is 1. The predicted octanol–water partition coefficient (Wildman–Crippen LogP) is 2.25. The van der Waals surface area contributed by atoms with Gasteiger partial charge in [0.25, 0.3) is 0 Å². The zero-order chi connectivity index (χ0) is 13.5. The Bertz CT molecular complexity index is 521. The van der Waals surface area contributed by atoms with Crippen LogP contribution in [0.25, 0.3) is 0 Å². The molecule has 1 aromatic carbocycles. The smallest absolute Gasteiger partial charge is 0.235 e. The second kappa shape index (κ2) is 4.23. The fourth-order valence-electron chi connectivity index (χ4n) is 2.46. The van der Waals surface area contributed by atoms with Crippen LogP contribution in [-0.2, 0) is 9.59 Å². The first-order valence-corrected chi connectivity index (χ1v) is 6.32. The lowest BCUT2D eigenvalue weighted by atomic mass is 9.84. The third-order valence-electron chi connectivity index (χ3n) is 3.92. The highest BCUT2D eigenvalue weighted by molar-refractivity contribution is 6.17. The van der Waals surface area contributed by atoms with E-state index in [1.807, 2.05) is 39.0 Å².